The van der Waals surface area contributed by atoms with Crippen LogP contribution in [0.2, 0.25) is 0 Å². The number of rotatable bonds is 6. The van der Waals surface area contributed by atoms with Gasteiger partial charge in [0.05, 0.1) is 6.10 Å². The molecular weight excluding hydrogens is 207 g/mol. The molecule has 0 amide bonds. The van der Waals surface area contributed by atoms with Gasteiger partial charge in [-0.1, -0.05) is 0 Å². The fourth-order valence-electron chi connectivity index (χ4n) is 1.84. The van der Waals surface area contributed by atoms with E-state index in [0.29, 0.717) is 12.3 Å². The van der Waals surface area contributed by atoms with Crippen LogP contribution in [-0.4, -0.2) is 25.4 Å². The third kappa shape index (κ3) is 4.84. The second-order valence-corrected chi connectivity index (χ2v) is 4.21. The Morgan fingerprint density at radius 2 is 2.00 bits per heavy atom. The van der Waals surface area contributed by atoms with Crippen molar-refractivity contribution in [1.82, 2.24) is 0 Å². The number of methoxy groups -OCH3 is 1. The molecule has 1 aliphatic carbocycles. The van der Waals surface area contributed by atoms with Crippen molar-refractivity contribution < 1.29 is 17.9 Å². The lowest BCUT2D eigenvalue weighted by Gasteiger charge is -2.22. The lowest BCUT2D eigenvalue weighted by atomic mass is 10.0. The quantitative estimate of drug-likeness (QED) is 0.753. The van der Waals surface area contributed by atoms with Crippen molar-refractivity contribution in [3.05, 3.63) is 0 Å². The number of alkyl halides is 3. The van der Waals surface area contributed by atoms with Gasteiger partial charge in [-0.3, -0.25) is 0 Å². The van der Waals surface area contributed by atoms with E-state index in [1.807, 2.05) is 0 Å². The molecule has 0 saturated heterocycles. The molecule has 0 heterocycles. The summed E-state index contributed by atoms with van der Waals surface area (Å²) in [5, 5.41) is 0. The Bertz CT molecular complexity index is 192. The first-order valence-electron chi connectivity index (χ1n) is 5.29. The van der Waals surface area contributed by atoms with Crippen LogP contribution in [0.25, 0.3) is 0 Å². The third-order valence-corrected chi connectivity index (χ3v) is 2.78. The van der Waals surface area contributed by atoms with E-state index in [1.165, 1.54) is 0 Å². The first kappa shape index (κ1) is 12.8. The molecule has 1 rings (SSSR count). The summed E-state index contributed by atoms with van der Waals surface area (Å²) in [5.41, 5.74) is 5.81. The number of hydrogen-bond donors (Lipinski definition) is 1. The van der Waals surface area contributed by atoms with E-state index in [2.05, 4.69) is 0 Å². The van der Waals surface area contributed by atoms with Crippen LogP contribution in [0.3, 0.4) is 0 Å². The molecular formula is C10H18F3NO. The van der Waals surface area contributed by atoms with Gasteiger partial charge in [0.2, 0.25) is 0 Å². The van der Waals surface area contributed by atoms with Crippen molar-refractivity contribution in [3.8, 4) is 0 Å². The summed E-state index contributed by atoms with van der Waals surface area (Å²) in [4.78, 5) is 0. The van der Waals surface area contributed by atoms with E-state index in [-0.39, 0.29) is 18.6 Å². The predicted octanol–water partition coefficient (Wildman–Crippen LogP) is 2.47. The first-order valence-corrected chi connectivity index (χ1v) is 5.29. The predicted molar refractivity (Wildman–Crippen MR) is 51.4 cm³/mol. The van der Waals surface area contributed by atoms with Crippen molar-refractivity contribution in [2.45, 2.75) is 50.4 Å². The summed E-state index contributed by atoms with van der Waals surface area (Å²) in [5.74, 6) is 0.468. The van der Waals surface area contributed by atoms with Gasteiger partial charge in [0.15, 0.2) is 0 Å². The van der Waals surface area contributed by atoms with E-state index in [9.17, 15) is 13.2 Å². The number of hydrogen-bond acceptors (Lipinski definition) is 2. The van der Waals surface area contributed by atoms with Crippen molar-refractivity contribution in [1.29, 1.82) is 0 Å². The van der Waals surface area contributed by atoms with Crippen molar-refractivity contribution >= 4 is 0 Å². The van der Waals surface area contributed by atoms with Crippen LogP contribution in [0, 0.1) is 5.92 Å². The van der Waals surface area contributed by atoms with Gasteiger partial charge in [0.1, 0.15) is 0 Å². The fraction of sp³-hybridized carbons (Fsp3) is 1.00. The molecule has 2 unspecified atom stereocenters. The maximum absolute atomic E-state index is 11.9. The van der Waals surface area contributed by atoms with Gasteiger partial charge in [0, 0.05) is 19.6 Å². The zero-order valence-corrected chi connectivity index (χ0v) is 8.89. The third-order valence-electron chi connectivity index (χ3n) is 2.78. The summed E-state index contributed by atoms with van der Waals surface area (Å²) in [7, 11) is 1.58. The number of ether oxygens (including phenoxy) is 1. The zero-order chi connectivity index (χ0) is 11.5. The van der Waals surface area contributed by atoms with Gasteiger partial charge in [-0.2, -0.15) is 13.2 Å². The van der Waals surface area contributed by atoms with Gasteiger partial charge in [-0.15, -0.1) is 0 Å². The lowest BCUT2D eigenvalue weighted by molar-refractivity contribution is -0.136. The first-order chi connectivity index (χ1) is 6.94. The van der Waals surface area contributed by atoms with Crippen LogP contribution in [-0.2, 0) is 4.74 Å². The topological polar surface area (TPSA) is 35.2 Å². The molecule has 1 aliphatic rings. The van der Waals surface area contributed by atoms with Crippen LogP contribution >= 0.6 is 0 Å². The van der Waals surface area contributed by atoms with Crippen molar-refractivity contribution in [2.75, 3.05) is 7.11 Å². The van der Waals surface area contributed by atoms with Crippen LogP contribution in [0.1, 0.15) is 32.1 Å². The average molecular weight is 225 g/mol. The Morgan fingerprint density at radius 1 is 1.40 bits per heavy atom. The Labute approximate surface area is 88.0 Å². The molecule has 0 aromatic carbocycles. The molecule has 2 atom stereocenters. The van der Waals surface area contributed by atoms with E-state index < -0.39 is 12.6 Å². The molecule has 2 N–H and O–H groups in total. The molecule has 5 heteroatoms. The van der Waals surface area contributed by atoms with Gasteiger partial charge in [-0.25, -0.2) is 0 Å². The number of halogens is 3. The smallest absolute Gasteiger partial charge is 0.380 e. The monoisotopic (exact) mass is 225 g/mol. The highest BCUT2D eigenvalue weighted by molar-refractivity contribution is 4.88. The fourth-order valence-corrected chi connectivity index (χ4v) is 1.84. The van der Waals surface area contributed by atoms with Crippen LogP contribution in [0.15, 0.2) is 0 Å². The summed E-state index contributed by atoms with van der Waals surface area (Å²) in [6, 6.07) is -0.259. The molecule has 1 saturated carbocycles. The summed E-state index contributed by atoms with van der Waals surface area (Å²) in [6.45, 7) is 0. The van der Waals surface area contributed by atoms with Crippen LogP contribution in [0.4, 0.5) is 13.2 Å². The van der Waals surface area contributed by atoms with E-state index >= 15 is 0 Å². The highest BCUT2D eigenvalue weighted by Crippen LogP contribution is 2.36. The highest BCUT2D eigenvalue weighted by atomic mass is 19.4. The second-order valence-electron chi connectivity index (χ2n) is 4.21. The maximum atomic E-state index is 11.9. The Hall–Kier alpha value is -0.290. The molecule has 0 aliphatic heterocycles. The van der Waals surface area contributed by atoms with Crippen LogP contribution in [0.5, 0.6) is 0 Å². The molecule has 15 heavy (non-hydrogen) atoms. The minimum Gasteiger partial charge on any atom is -0.380 e. The minimum absolute atomic E-state index is 0.0572. The average Bonchev–Trinajstić information content (AvgIpc) is 2.87. The standard InChI is InChI=1S/C10H18F3NO/c1-15-9(7-4-5-7)8(14)3-2-6-10(11,12)13/h7-9H,2-6,14H2,1H3. The highest BCUT2D eigenvalue weighted by Gasteiger charge is 2.35. The van der Waals surface area contributed by atoms with E-state index in [1.54, 1.807) is 7.11 Å². The molecule has 2 nitrogen and oxygen atoms in total. The maximum Gasteiger partial charge on any atom is 0.389 e. The number of nitrogens with two attached hydrogens (primary N) is 1. The van der Waals surface area contributed by atoms with Gasteiger partial charge in [0.25, 0.3) is 0 Å². The Kier molecular flexibility index (Phi) is 4.40. The SMILES string of the molecule is COC(C(N)CCCC(F)(F)F)C1CC1. The Morgan fingerprint density at radius 3 is 2.40 bits per heavy atom. The van der Waals surface area contributed by atoms with Gasteiger partial charge >= 0.3 is 6.18 Å². The molecule has 0 spiro atoms. The largest absolute Gasteiger partial charge is 0.389 e. The molecule has 1 fully saturated rings. The van der Waals surface area contributed by atoms with E-state index in [0.717, 1.165) is 12.8 Å². The normalized spacial score (nSPS) is 21.4. The summed E-state index contributed by atoms with van der Waals surface area (Å²) < 4.78 is 40.9. The lowest BCUT2D eigenvalue weighted by Crippen LogP contribution is -2.37. The van der Waals surface area contributed by atoms with Gasteiger partial charge in [-0.05, 0) is 31.6 Å². The molecule has 0 bridgehead atoms. The minimum atomic E-state index is -4.07. The molecule has 0 aromatic rings. The second kappa shape index (κ2) is 5.16. The van der Waals surface area contributed by atoms with Crippen molar-refractivity contribution in [3.63, 3.8) is 0 Å². The van der Waals surface area contributed by atoms with Crippen molar-refractivity contribution in [2.24, 2.45) is 11.7 Å². The summed E-state index contributed by atoms with van der Waals surface area (Å²) >= 11 is 0. The molecule has 0 radical (unpaired) electrons. The molecule has 0 aromatic heterocycles. The van der Waals surface area contributed by atoms with E-state index in [4.69, 9.17) is 10.5 Å². The van der Waals surface area contributed by atoms with Crippen LogP contribution < -0.4 is 5.73 Å². The summed E-state index contributed by atoms with van der Waals surface area (Å²) in [6.07, 6.45) is -2.22. The van der Waals surface area contributed by atoms with Gasteiger partial charge < -0.3 is 10.5 Å². The molecule has 90 valence electrons. The zero-order valence-electron chi connectivity index (χ0n) is 8.89. The Balaban J connectivity index is 2.19.